The first-order valence-electron chi connectivity index (χ1n) is 9.00. The predicted molar refractivity (Wildman–Crippen MR) is 108 cm³/mol. The fraction of sp³-hybridized carbons (Fsp3) is 0.0833. The second-order valence-electron chi connectivity index (χ2n) is 7.34. The fourth-order valence-electron chi connectivity index (χ4n) is 4.65. The van der Waals surface area contributed by atoms with E-state index in [0.29, 0.717) is 0 Å². The summed E-state index contributed by atoms with van der Waals surface area (Å²) in [6.07, 6.45) is 1.66. The lowest BCUT2D eigenvalue weighted by Gasteiger charge is -2.25. The van der Waals surface area contributed by atoms with Crippen LogP contribution in [0.15, 0.2) is 60.7 Å². The lowest BCUT2D eigenvalue weighted by molar-refractivity contribution is 0.0480. The molecular formula is C24H15FO2. The van der Waals surface area contributed by atoms with Gasteiger partial charge in [-0.1, -0.05) is 42.5 Å². The molecule has 0 heterocycles. The van der Waals surface area contributed by atoms with Gasteiger partial charge in [0, 0.05) is 0 Å². The number of benzene rings is 5. The molecule has 1 aliphatic carbocycles. The van der Waals surface area contributed by atoms with Crippen LogP contribution in [0.1, 0.15) is 17.2 Å². The number of aliphatic hydroxyl groups is 2. The van der Waals surface area contributed by atoms with E-state index in [-0.39, 0.29) is 5.82 Å². The first kappa shape index (κ1) is 15.1. The van der Waals surface area contributed by atoms with E-state index < -0.39 is 12.2 Å². The van der Waals surface area contributed by atoms with Crippen LogP contribution in [0.2, 0.25) is 0 Å². The number of rotatable bonds is 0. The average molecular weight is 354 g/mol. The molecule has 2 nitrogen and oxygen atoms in total. The Kier molecular flexibility index (Phi) is 2.81. The molecule has 0 amide bonds. The van der Waals surface area contributed by atoms with Gasteiger partial charge in [-0.2, -0.15) is 0 Å². The summed E-state index contributed by atoms with van der Waals surface area (Å²) in [4.78, 5) is 0. The molecule has 0 saturated carbocycles. The zero-order valence-electron chi connectivity index (χ0n) is 14.3. The van der Waals surface area contributed by atoms with E-state index in [9.17, 15) is 14.6 Å². The second-order valence-corrected chi connectivity index (χ2v) is 7.34. The topological polar surface area (TPSA) is 40.5 Å². The van der Waals surface area contributed by atoms with Gasteiger partial charge in [0.2, 0.25) is 0 Å². The zero-order chi connectivity index (χ0) is 18.3. The van der Waals surface area contributed by atoms with Gasteiger partial charge in [0.05, 0.1) is 0 Å². The van der Waals surface area contributed by atoms with Gasteiger partial charge in [0.1, 0.15) is 18.0 Å². The first-order valence-corrected chi connectivity index (χ1v) is 9.00. The molecule has 27 heavy (non-hydrogen) atoms. The van der Waals surface area contributed by atoms with Gasteiger partial charge in [-0.25, -0.2) is 4.39 Å². The van der Waals surface area contributed by atoms with Crippen LogP contribution >= 0.6 is 0 Å². The molecule has 130 valence electrons. The maximum Gasteiger partial charge on any atom is 0.123 e. The summed E-state index contributed by atoms with van der Waals surface area (Å²) >= 11 is 0. The number of fused-ring (bicyclic) bond motifs is 4. The molecular weight excluding hydrogens is 339 g/mol. The molecule has 3 heteroatoms. The first-order chi connectivity index (χ1) is 13.1. The Morgan fingerprint density at radius 2 is 1.41 bits per heavy atom. The SMILES string of the molecule is OC1C=Cc2cc3ccc4cc5cc(F)ccc5c5ccc(c2C1O)c3c45. The highest BCUT2D eigenvalue weighted by molar-refractivity contribution is 6.29. The minimum absolute atomic E-state index is 0.242. The Morgan fingerprint density at radius 3 is 2.26 bits per heavy atom. The van der Waals surface area contributed by atoms with Crippen molar-refractivity contribution in [2.75, 3.05) is 0 Å². The van der Waals surface area contributed by atoms with Crippen molar-refractivity contribution in [1.29, 1.82) is 0 Å². The van der Waals surface area contributed by atoms with Crippen LogP contribution in [0.25, 0.3) is 49.2 Å². The van der Waals surface area contributed by atoms with Crippen LogP contribution in [-0.4, -0.2) is 16.3 Å². The molecule has 2 N–H and O–H groups in total. The predicted octanol–water partition coefficient (Wildman–Crippen LogP) is 5.30. The second kappa shape index (κ2) is 5.03. The molecule has 2 atom stereocenters. The highest BCUT2D eigenvalue weighted by Gasteiger charge is 2.26. The van der Waals surface area contributed by atoms with E-state index >= 15 is 0 Å². The maximum atomic E-state index is 13.7. The summed E-state index contributed by atoms with van der Waals surface area (Å²) in [6.45, 7) is 0. The molecule has 0 aliphatic heterocycles. The largest absolute Gasteiger partial charge is 0.386 e. The molecule has 6 rings (SSSR count). The molecule has 5 aromatic rings. The Morgan fingerprint density at radius 1 is 0.704 bits per heavy atom. The number of hydrogen-bond acceptors (Lipinski definition) is 2. The third kappa shape index (κ3) is 1.90. The minimum Gasteiger partial charge on any atom is -0.386 e. The van der Waals surface area contributed by atoms with E-state index in [1.54, 1.807) is 12.1 Å². The molecule has 0 bridgehead atoms. The summed E-state index contributed by atoms with van der Waals surface area (Å²) in [6, 6.07) is 17.2. The van der Waals surface area contributed by atoms with Gasteiger partial charge in [-0.05, 0) is 78.5 Å². The smallest absolute Gasteiger partial charge is 0.123 e. The number of aliphatic hydroxyl groups excluding tert-OH is 2. The summed E-state index contributed by atoms with van der Waals surface area (Å²) in [5.74, 6) is -0.242. The van der Waals surface area contributed by atoms with Crippen molar-refractivity contribution in [2.45, 2.75) is 12.2 Å². The molecule has 0 radical (unpaired) electrons. The van der Waals surface area contributed by atoms with Crippen molar-refractivity contribution < 1.29 is 14.6 Å². The summed E-state index contributed by atoms with van der Waals surface area (Å²) in [7, 11) is 0. The van der Waals surface area contributed by atoms with Gasteiger partial charge in [0.15, 0.2) is 0 Å². The van der Waals surface area contributed by atoms with Crippen molar-refractivity contribution >= 4 is 49.2 Å². The third-order valence-corrected chi connectivity index (χ3v) is 5.84. The van der Waals surface area contributed by atoms with Crippen LogP contribution in [0.5, 0.6) is 0 Å². The number of halogens is 1. The van der Waals surface area contributed by atoms with Crippen molar-refractivity contribution in [3.05, 3.63) is 77.6 Å². The molecule has 5 aromatic carbocycles. The molecule has 1 aliphatic rings. The minimum atomic E-state index is -0.944. The summed E-state index contributed by atoms with van der Waals surface area (Å²) in [5.41, 5.74) is 1.71. The van der Waals surface area contributed by atoms with E-state index in [4.69, 9.17) is 0 Å². The normalized spacial score (nSPS) is 19.5. The van der Waals surface area contributed by atoms with Gasteiger partial charge in [-0.3, -0.25) is 0 Å². The fourth-order valence-corrected chi connectivity index (χ4v) is 4.65. The average Bonchev–Trinajstić information content (AvgIpc) is 2.67. The molecule has 2 unspecified atom stereocenters. The van der Waals surface area contributed by atoms with Crippen LogP contribution < -0.4 is 0 Å². The van der Waals surface area contributed by atoms with Gasteiger partial charge >= 0.3 is 0 Å². The van der Waals surface area contributed by atoms with Gasteiger partial charge in [-0.15, -0.1) is 0 Å². The van der Waals surface area contributed by atoms with Gasteiger partial charge in [0.25, 0.3) is 0 Å². The summed E-state index contributed by atoms with van der Waals surface area (Å²) in [5, 5.41) is 29.0. The number of hydrogen-bond donors (Lipinski definition) is 2. The van der Waals surface area contributed by atoms with Crippen molar-refractivity contribution in [3.8, 4) is 0 Å². The maximum absolute atomic E-state index is 13.7. The van der Waals surface area contributed by atoms with Crippen molar-refractivity contribution in [1.82, 2.24) is 0 Å². The molecule has 0 fully saturated rings. The van der Waals surface area contributed by atoms with Crippen LogP contribution in [-0.2, 0) is 0 Å². The highest BCUT2D eigenvalue weighted by Crippen LogP contribution is 2.43. The standard InChI is InChI=1S/C24H15FO2/c25-16-4-5-17-15(11-16)10-13-2-1-12-9-14-3-8-20(26)24(27)23(14)19-7-6-18(17)21(13)22(12)19/h1-11,20,24,26-27H. The Hall–Kier alpha value is -3.01. The van der Waals surface area contributed by atoms with E-state index in [1.807, 2.05) is 30.3 Å². The van der Waals surface area contributed by atoms with Crippen molar-refractivity contribution in [3.63, 3.8) is 0 Å². The molecule has 0 spiro atoms. The lowest BCUT2D eigenvalue weighted by Crippen LogP contribution is -2.19. The highest BCUT2D eigenvalue weighted by atomic mass is 19.1. The Bertz CT molecular complexity index is 1420. The molecule has 0 aromatic heterocycles. The third-order valence-electron chi connectivity index (χ3n) is 5.84. The van der Waals surface area contributed by atoms with Crippen LogP contribution in [0.3, 0.4) is 0 Å². The van der Waals surface area contributed by atoms with E-state index in [2.05, 4.69) is 18.2 Å². The van der Waals surface area contributed by atoms with E-state index in [0.717, 1.165) is 54.2 Å². The van der Waals surface area contributed by atoms with Crippen molar-refractivity contribution in [2.24, 2.45) is 0 Å². The zero-order valence-corrected chi connectivity index (χ0v) is 14.3. The van der Waals surface area contributed by atoms with Crippen LogP contribution in [0.4, 0.5) is 4.39 Å². The monoisotopic (exact) mass is 354 g/mol. The summed E-state index contributed by atoms with van der Waals surface area (Å²) < 4.78 is 13.7. The van der Waals surface area contributed by atoms with E-state index in [1.165, 1.54) is 6.07 Å². The molecule has 0 saturated heterocycles. The quantitative estimate of drug-likeness (QED) is 0.293. The Labute approximate surface area is 154 Å². The van der Waals surface area contributed by atoms with Gasteiger partial charge < -0.3 is 10.2 Å². The lowest BCUT2D eigenvalue weighted by atomic mass is 9.83. The Balaban J connectivity index is 1.87. The van der Waals surface area contributed by atoms with Crippen LogP contribution in [0, 0.1) is 5.82 Å².